The van der Waals surface area contributed by atoms with E-state index in [1.54, 1.807) is 0 Å². The zero-order valence-electron chi connectivity index (χ0n) is 17.8. The number of rotatable bonds is 5. The normalized spacial score (nSPS) is 22.9. The summed E-state index contributed by atoms with van der Waals surface area (Å²) in [6.07, 6.45) is 11.4. The lowest BCUT2D eigenvalue weighted by atomic mass is 9.97. The summed E-state index contributed by atoms with van der Waals surface area (Å²) in [4.78, 5) is 11.8. The molecule has 6 nitrogen and oxygen atoms in total. The molecule has 1 unspecified atom stereocenters. The van der Waals surface area contributed by atoms with Crippen LogP contribution in [0.15, 0.2) is 47.6 Å². The fraction of sp³-hybridized carbons (Fsp3) is 0.500. The van der Waals surface area contributed by atoms with Crippen molar-refractivity contribution in [1.82, 2.24) is 15.8 Å². The smallest absolute Gasteiger partial charge is 0.145 e. The van der Waals surface area contributed by atoms with Crippen molar-refractivity contribution in [3.05, 3.63) is 58.7 Å². The SMILES string of the molecule is Clc1ccc(C2=NC(c3ccc(N4CCC(OC5CCCCC5)CC4)nc3)NN2)cc1. The standard InChI is InChI=1S/C24H30ClN5O/c25-19-9-6-17(7-10-19)23-27-24(29-28-23)18-8-11-22(26-16-18)30-14-12-21(13-15-30)31-20-4-2-1-3-5-20/h6-11,16,20-21,24,29H,1-5,12-15H2,(H,27,28). The van der Waals surface area contributed by atoms with Crippen molar-refractivity contribution in [2.24, 2.45) is 4.99 Å². The molecule has 1 atom stereocenters. The maximum Gasteiger partial charge on any atom is 0.145 e. The van der Waals surface area contributed by atoms with Gasteiger partial charge in [0.05, 0.1) is 12.2 Å². The molecular weight excluding hydrogens is 410 g/mol. The van der Waals surface area contributed by atoms with E-state index in [-0.39, 0.29) is 6.17 Å². The minimum Gasteiger partial charge on any atom is -0.375 e. The van der Waals surface area contributed by atoms with Gasteiger partial charge >= 0.3 is 0 Å². The Kier molecular flexibility index (Phi) is 6.39. The third-order valence-corrected chi connectivity index (χ3v) is 6.74. The van der Waals surface area contributed by atoms with Gasteiger partial charge in [0.15, 0.2) is 0 Å². The summed E-state index contributed by atoms with van der Waals surface area (Å²) in [6.45, 7) is 2.01. The average molecular weight is 440 g/mol. The van der Waals surface area contributed by atoms with Gasteiger partial charge in [-0.1, -0.05) is 36.9 Å². The molecule has 1 aliphatic carbocycles. The fourth-order valence-corrected chi connectivity index (χ4v) is 4.81. The minimum atomic E-state index is -0.151. The highest BCUT2D eigenvalue weighted by Gasteiger charge is 2.25. The van der Waals surface area contributed by atoms with Gasteiger partial charge in [-0.15, -0.1) is 0 Å². The highest BCUT2D eigenvalue weighted by atomic mass is 35.5. The Labute approximate surface area is 189 Å². The van der Waals surface area contributed by atoms with Crippen LogP contribution in [0.1, 0.15) is 62.2 Å². The van der Waals surface area contributed by atoms with Gasteiger partial charge in [0.25, 0.3) is 0 Å². The third kappa shape index (κ3) is 5.03. The molecule has 164 valence electrons. The fourth-order valence-electron chi connectivity index (χ4n) is 4.68. The van der Waals surface area contributed by atoms with Crippen molar-refractivity contribution >= 4 is 23.3 Å². The van der Waals surface area contributed by atoms with Gasteiger partial charge in [0.2, 0.25) is 0 Å². The van der Waals surface area contributed by atoms with Crippen LogP contribution in [0.5, 0.6) is 0 Å². The summed E-state index contributed by atoms with van der Waals surface area (Å²) in [5.74, 6) is 1.85. The van der Waals surface area contributed by atoms with Gasteiger partial charge in [-0.3, -0.25) is 0 Å². The highest BCUT2D eigenvalue weighted by Crippen LogP contribution is 2.27. The Balaban J connectivity index is 1.16. The summed E-state index contributed by atoms with van der Waals surface area (Å²) >= 11 is 5.98. The largest absolute Gasteiger partial charge is 0.375 e. The Morgan fingerprint density at radius 3 is 2.35 bits per heavy atom. The van der Waals surface area contributed by atoms with E-state index in [9.17, 15) is 0 Å². The third-order valence-electron chi connectivity index (χ3n) is 6.49. The van der Waals surface area contributed by atoms with E-state index >= 15 is 0 Å². The molecule has 2 N–H and O–H groups in total. The number of hydrazine groups is 1. The molecule has 0 amide bonds. The van der Waals surface area contributed by atoms with Crippen LogP contribution < -0.4 is 15.8 Å². The second-order valence-electron chi connectivity index (χ2n) is 8.69. The summed E-state index contributed by atoms with van der Waals surface area (Å²) in [7, 11) is 0. The van der Waals surface area contributed by atoms with Gasteiger partial charge < -0.3 is 15.1 Å². The molecule has 2 aromatic rings. The summed E-state index contributed by atoms with van der Waals surface area (Å²) < 4.78 is 6.37. The molecule has 0 bridgehead atoms. The number of amidine groups is 1. The number of aliphatic imine (C=N–C) groups is 1. The highest BCUT2D eigenvalue weighted by molar-refractivity contribution is 6.30. The van der Waals surface area contributed by atoms with Crippen LogP contribution >= 0.6 is 11.6 Å². The van der Waals surface area contributed by atoms with Gasteiger partial charge in [-0.05, 0) is 56.0 Å². The van der Waals surface area contributed by atoms with Crippen LogP contribution in [0.4, 0.5) is 5.82 Å². The number of aromatic nitrogens is 1. The first-order valence-electron chi connectivity index (χ1n) is 11.5. The molecule has 1 aromatic carbocycles. The number of benzene rings is 1. The van der Waals surface area contributed by atoms with Crippen LogP contribution in [-0.2, 0) is 4.74 Å². The van der Waals surface area contributed by atoms with Crippen LogP contribution in [-0.4, -0.2) is 36.1 Å². The second kappa shape index (κ2) is 9.55. The Hall–Kier alpha value is -2.15. The average Bonchev–Trinajstić information content (AvgIpc) is 3.31. The number of anilines is 1. The van der Waals surface area contributed by atoms with Crippen molar-refractivity contribution in [3.8, 4) is 0 Å². The predicted molar refractivity (Wildman–Crippen MR) is 124 cm³/mol. The van der Waals surface area contributed by atoms with E-state index in [1.807, 2.05) is 30.5 Å². The van der Waals surface area contributed by atoms with E-state index in [4.69, 9.17) is 26.3 Å². The van der Waals surface area contributed by atoms with E-state index in [0.717, 1.165) is 53.7 Å². The van der Waals surface area contributed by atoms with Crippen molar-refractivity contribution in [1.29, 1.82) is 0 Å². The lowest BCUT2D eigenvalue weighted by molar-refractivity contribution is -0.0395. The number of nitrogens with one attached hydrogen (secondary N) is 2. The molecule has 2 fully saturated rings. The van der Waals surface area contributed by atoms with Crippen molar-refractivity contribution in [3.63, 3.8) is 0 Å². The molecule has 1 saturated heterocycles. The monoisotopic (exact) mass is 439 g/mol. The van der Waals surface area contributed by atoms with E-state index < -0.39 is 0 Å². The number of piperidine rings is 1. The molecule has 3 aliphatic rings. The molecule has 0 radical (unpaired) electrons. The molecule has 0 spiro atoms. The zero-order chi connectivity index (χ0) is 21.0. The summed E-state index contributed by atoms with van der Waals surface area (Å²) in [5.41, 5.74) is 8.42. The summed E-state index contributed by atoms with van der Waals surface area (Å²) in [5, 5.41) is 0.719. The maximum atomic E-state index is 6.37. The molecule has 1 aromatic heterocycles. The maximum absolute atomic E-state index is 6.37. The molecule has 31 heavy (non-hydrogen) atoms. The number of hydrogen-bond acceptors (Lipinski definition) is 6. The molecular formula is C24H30ClN5O. The molecule has 3 heterocycles. The Bertz CT molecular complexity index is 887. The van der Waals surface area contributed by atoms with E-state index in [1.165, 1.54) is 32.1 Å². The topological polar surface area (TPSA) is 61.8 Å². The predicted octanol–water partition coefficient (Wildman–Crippen LogP) is 4.61. The second-order valence-corrected chi connectivity index (χ2v) is 9.13. The minimum absolute atomic E-state index is 0.151. The van der Waals surface area contributed by atoms with Crippen LogP contribution in [0.3, 0.4) is 0 Å². The first-order chi connectivity index (χ1) is 15.2. The summed E-state index contributed by atoms with van der Waals surface area (Å²) in [6, 6.07) is 11.9. The van der Waals surface area contributed by atoms with Crippen LogP contribution in [0.2, 0.25) is 5.02 Å². The van der Waals surface area contributed by atoms with Crippen molar-refractivity contribution < 1.29 is 4.74 Å². The van der Waals surface area contributed by atoms with E-state index in [2.05, 4.69) is 27.9 Å². The number of halogens is 1. The molecule has 7 heteroatoms. The number of hydrogen-bond donors (Lipinski definition) is 2. The van der Waals surface area contributed by atoms with Crippen LogP contribution in [0.25, 0.3) is 0 Å². The lowest BCUT2D eigenvalue weighted by Gasteiger charge is -2.35. The van der Waals surface area contributed by atoms with Gasteiger partial charge in [0.1, 0.15) is 17.8 Å². The van der Waals surface area contributed by atoms with Gasteiger partial charge in [-0.2, -0.15) is 0 Å². The van der Waals surface area contributed by atoms with Crippen molar-refractivity contribution in [2.75, 3.05) is 18.0 Å². The van der Waals surface area contributed by atoms with E-state index in [0.29, 0.717) is 12.2 Å². The number of ether oxygens (including phenoxy) is 1. The first-order valence-corrected chi connectivity index (χ1v) is 11.8. The van der Waals surface area contributed by atoms with Crippen molar-refractivity contribution in [2.45, 2.75) is 63.3 Å². The van der Waals surface area contributed by atoms with Gasteiger partial charge in [-0.25, -0.2) is 15.4 Å². The Morgan fingerprint density at radius 1 is 0.903 bits per heavy atom. The lowest BCUT2D eigenvalue weighted by Crippen LogP contribution is -2.39. The number of pyridine rings is 1. The number of nitrogens with zero attached hydrogens (tertiary/aromatic N) is 3. The Morgan fingerprint density at radius 2 is 1.65 bits per heavy atom. The molecule has 2 aliphatic heterocycles. The first kappa shape index (κ1) is 20.7. The molecule has 5 rings (SSSR count). The van der Waals surface area contributed by atoms with Gasteiger partial charge in [0, 0.05) is 35.4 Å². The van der Waals surface area contributed by atoms with Crippen LogP contribution in [0, 0.1) is 0 Å². The zero-order valence-corrected chi connectivity index (χ0v) is 18.5. The quantitative estimate of drug-likeness (QED) is 0.712. The molecule has 1 saturated carbocycles.